The molecule has 1 saturated carbocycles. The molecule has 15 heavy (non-hydrogen) atoms. The second kappa shape index (κ2) is 3.72. The fourth-order valence-electron chi connectivity index (χ4n) is 2.52. The molecule has 0 atom stereocenters. The van der Waals surface area contributed by atoms with Crippen LogP contribution in [0.2, 0.25) is 0 Å². The Labute approximate surface area is 88.4 Å². The first kappa shape index (κ1) is 10.3. The third kappa shape index (κ3) is 1.78. The number of aliphatic carboxylic acids is 1. The Morgan fingerprint density at radius 2 is 2.13 bits per heavy atom. The number of carboxylic acid groups (broad SMARTS) is 1. The third-order valence-electron chi connectivity index (χ3n) is 3.45. The molecule has 0 bridgehead atoms. The molecule has 1 aliphatic heterocycles. The highest BCUT2D eigenvalue weighted by atomic mass is 16.4. The monoisotopic (exact) mass is 212 g/mol. The number of hydrogen-bond acceptors (Lipinski definition) is 2. The Hall–Kier alpha value is -1.26. The first-order valence-corrected chi connectivity index (χ1v) is 5.40. The zero-order valence-corrected chi connectivity index (χ0v) is 8.66. The van der Waals surface area contributed by atoms with E-state index >= 15 is 0 Å². The molecule has 0 radical (unpaired) electrons. The van der Waals surface area contributed by atoms with Crippen LogP contribution in [0.1, 0.15) is 25.7 Å². The molecule has 2 N–H and O–H groups in total. The van der Waals surface area contributed by atoms with Gasteiger partial charge in [0, 0.05) is 19.6 Å². The molecule has 0 aromatic carbocycles. The highest BCUT2D eigenvalue weighted by molar-refractivity contribution is 5.79. The first-order valence-electron chi connectivity index (χ1n) is 5.40. The minimum atomic E-state index is -0.750. The standard InChI is InChI=1S/C10H16N2O3/c13-8(14)10(3-1-2-4-10)7-12-6-5-11-9(12)15/h1-7H2,(H,11,15)(H,13,14). The summed E-state index contributed by atoms with van der Waals surface area (Å²) >= 11 is 0. The summed E-state index contributed by atoms with van der Waals surface area (Å²) in [5.74, 6) is -0.750. The summed E-state index contributed by atoms with van der Waals surface area (Å²) < 4.78 is 0. The topological polar surface area (TPSA) is 69.6 Å². The number of nitrogens with zero attached hydrogens (tertiary/aromatic N) is 1. The smallest absolute Gasteiger partial charge is 0.317 e. The van der Waals surface area contributed by atoms with E-state index in [0.29, 0.717) is 32.5 Å². The van der Waals surface area contributed by atoms with Gasteiger partial charge in [-0.15, -0.1) is 0 Å². The van der Waals surface area contributed by atoms with E-state index in [1.54, 1.807) is 4.90 Å². The molecule has 0 aromatic heterocycles. The van der Waals surface area contributed by atoms with E-state index in [1.807, 2.05) is 0 Å². The average Bonchev–Trinajstić information content (AvgIpc) is 2.78. The van der Waals surface area contributed by atoms with Crippen molar-refractivity contribution in [1.29, 1.82) is 0 Å². The van der Waals surface area contributed by atoms with Gasteiger partial charge in [-0.2, -0.15) is 0 Å². The molecule has 1 heterocycles. The second-order valence-corrected chi connectivity index (χ2v) is 4.45. The Kier molecular flexibility index (Phi) is 2.54. The molecule has 0 unspecified atom stereocenters. The van der Waals surface area contributed by atoms with Gasteiger partial charge in [-0.05, 0) is 12.8 Å². The number of nitrogens with one attached hydrogen (secondary N) is 1. The Morgan fingerprint density at radius 3 is 2.60 bits per heavy atom. The Morgan fingerprint density at radius 1 is 1.47 bits per heavy atom. The summed E-state index contributed by atoms with van der Waals surface area (Å²) in [6.07, 6.45) is 3.32. The van der Waals surface area contributed by atoms with Crippen molar-refractivity contribution in [2.24, 2.45) is 5.41 Å². The normalized spacial score (nSPS) is 24.3. The SMILES string of the molecule is O=C1NCCN1CC1(C(=O)O)CCCC1. The average molecular weight is 212 g/mol. The van der Waals surface area contributed by atoms with Gasteiger partial charge in [0.05, 0.1) is 5.41 Å². The predicted octanol–water partition coefficient (Wildman–Crippen LogP) is 0.657. The molecule has 1 aliphatic carbocycles. The van der Waals surface area contributed by atoms with Crippen LogP contribution in [0.5, 0.6) is 0 Å². The summed E-state index contributed by atoms with van der Waals surface area (Å²) in [7, 11) is 0. The second-order valence-electron chi connectivity index (χ2n) is 4.45. The van der Waals surface area contributed by atoms with Crippen LogP contribution in [0.25, 0.3) is 0 Å². The molecule has 5 heteroatoms. The molecule has 0 aromatic rings. The van der Waals surface area contributed by atoms with Crippen LogP contribution in [0.4, 0.5) is 4.79 Å². The molecule has 2 fully saturated rings. The van der Waals surface area contributed by atoms with Gasteiger partial charge < -0.3 is 15.3 Å². The lowest BCUT2D eigenvalue weighted by molar-refractivity contribution is -0.149. The van der Waals surface area contributed by atoms with E-state index in [1.165, 1.54) is 0 Å². The first-order chi connectivity index (χ1) is 7.14. The van der Waals surface area contributed by atoms with Crippen molar-refractivity contribution in [1.82, 2.24) is 10.2 Å². The lowest BCUT2D eigenvalue weighted by Crippen LogP contribution is -2.42. The van der Waals surface area contributed by atoms with Gasteiger partial charge in [-0.3, -0.25) is 4.79 Å². The van der Waals surface area contributed by atoms with E-state index in [2.05, 4.69) is 5.32 Å². The van der Waals surface area contributed by atoms with E-state index in [4.69, 9.17) is 0 Å². The van der Waals surface area contributed by atoms with E-state index < -0.39 is 11.4 Å². The summed E-state index contributed by atoms with van der Waals surface area (Å²) in [5, 5.41) is 11.9. The van der Waals surface area contributed by atoms with Crippen molar-refractivity contribution in [2.75, 3.05) is 19.6 Å². The fourth-order valence-corrected chi connectivity index (χ4v) is 2.52. The zero-order chi connectivity index (χ0) is 10.9. The molecular weight excluding hydrogens is 196 g/mol. The molecule has 2 rings (SSSR count). The van der Waals surface area contributed by atoms with Crippen molar-refractivity contribution in [3.8, 4) is 0 Å². The van der Waals surface area contributed by atoms with Crippen LogP contribution in [0, 0.1) is 5.41 Å². The van der Waals surface area contributed by atoms with Crippen molar-refractivity contribution in [3.63, 3.8) is 0 Å². The van der Waals surface area contributed by atoms with Crippen LogP contribution >= 0.6 is 0 Å². The predicted molar refractivity (Wildman–Crippen MR) is 53.5 cm³/mol. The fraction of sp³-hybridized carbons (Fsp3) is 0.800. The number of rotatable bonds is 3. The minimum absolute atomic E-state index is 0.123. The summed E-state index contributed by atoms with van der Waals surface area (Å²) in [6.45, 7) is 1.64. The van der Waals surface area contributed by atoms with E-state index in [0.717, 1.165) is 12.8 Å². The van der Waals surface area contributed by atoms with E-state index in [-0.39, 0.29) is 6.03 Å². The maximum Gasteiger partial charge on any atom is 0.317 e. The molecule has 5 nitrogen and oxygen atoms in total. The van der Waals surface area contributed by atoms with Crippen LogP contribution in [-0.2, 0) is 4.79 Å². The summed E-state index contributed by atoms with van der Waals surface area (Å²) in [6, 6.07) is -0.123. The minimum Gasteiger partial charge on any atom is -0.481 e. The van der Waals surface area contributed by atoms with Gasteiger partial charge in [-0.1, -0.05) is 12.8 Å². The highest BCUT2D eigenvalue weighted by Crippen LogP contribution is 2.39. The van der Waals surface area contributed by atoms with Gasteiger partial charge in [0.25, 0.3) is 0 Å². The largest absolute Gasteiger partial charge is 0.481 e. The Balaban J connectivity index is 2.06. The van der Waals surface area contributed by atoms with Crippen LogP contribution in [-0.4, -0.2) is 41.6 Å². The molecule has 1 saturated heterocycles. The lowest BCUT2D eigenvalue weighted by atomic mass is 9.86. The quantitative estimate of drug-likeness (QED) is 0.722. The van der Waals surface area contributed by atoms with Crippen molar-refractivity contribution in [2.45, 2.75) is 25.7 Å². The number of carbonyl (C=O) groups is 2. The third-order valence-corrected chi connectivity index (χ3v) is 3.45. The van der Waals surface area contributed by atoms with Crippen molar-refractivity contribution >= 4 is 12.0 Å². The number of urea groups is 1. The molecule has 2 amide bonds. The maximum atomic E-state index is 11.3. The van der Waals surface area contributed by atoms with Gasteiger partial charge in [0.1, 0.15) is 0 Å². The van der Waals surface area contributed by atoms with Gasteiger partial charge in [-0.25, -0.2) is 4.79 Å². The van der Waals surface area contributed by atoms with Crippen LogP contribution in [0.15, 0.2) is 0 Å². The van der Waals surface area contributed by atoms with Gasteiger partial charge >= 0.3 is 12.0 Å². The number of amides is 2. The zero-order valence-electron chi connectivity index (χ0n) is 8.66. The van der Waals surface area contributed by atoms with Gasteiger partial charge in [0.2, 0.25) is 0 Å². The molecule has 84 valence electrons. The van der Waals surface area contributed by atoms with Crippen molar-refractivity contribution in [3.05, 3.63) is 0 Å². The molecular formula is C10H16N2O3. The Bertz CT molecular complexity index is 284. The number of carboxylic acids is 1. The van der Waals surface area contributed by atoms with E-state index in [9.17, 15) is 14.7 Å². The number of carbonyl (C=O) groups excluding carboxylic acids is 1. The molecule has 2 aliphatic rings. The highest BCUT2D eigenvalue weighted by Gasteiger charge is 2.44. The number of hydrogen-bond donors (Lipinski definition) is 2. The molecule has 0 spiro atoms. The van der Waals surface area contributed by atoms with Crippen LogP contribution in [0.3, 0.4) is 0 Å². The lowest BCUT2D eigenvalue weighted by Gasteiger charge is -2.28. The maximum absolute atomic E-state index is 11.3. The summed E-state index contributed by atoms with van der Waals surface area (Å²) in [5.41, 5.74) is -0.679. The van der Waals surface area contributed by atoms with Crippen LogP contribution < -0.4 is 5.32 Å². The van der Waals surface area contributed by atoms with Gasteiger partial charge in [0.15, 0.2) is 0 Å². The van der Waals surface area contributed by atoms with Crippen molar-refractivity contribution < 1.29 is 14.7 Å². The summed E-state index contributed by atoms with van der Waals surface area (Å²) in [4.78, 5) is 24.2.